The van der Waals surface area contributed by atoms with Crippen LogP contribution in [0.25, 0.3) is 10.8 Å². The van der Waals surface area contributed by atoms with Crippen LogP contribution < -0.4 is 0 Å². The maximum absolute atomic E-state index is 6.08. The van der Waals surface area contributed by atoms with E-state index in [1.807, 2.05) is 25.1 Å². The average Bonchev–Trinajstić information content (AvgIpc) is 2.10. The van der Waals surface area contributed by atoms with Gasteiger partial charge in [-0.2, -0.15) is 0 Å². The van der Waals surface area contributed by atoms with E-state index in [-0.39, 0.29) is 0 Å². The molecule has 0 amide bonds. The number of rotatable bonds is 0. The third-order valence-electron chi connectivity index (χ3n) is 1.98. The van der Waals surface area contributed by atoms with Crippen LogP contribution in [-0.2, 0) is 0 Å². The number of hydrogen-bond acceptors (Lipinski definition) is 1. The largest absolute Gasteiger partial charge is 0.241 e. The summed E-state index contributed by atoms with van der Waals surface area (Å²) in [5.74, 6) is 0. The van der Waals surface area contributed by atoms with Crippen LogP contribution in [0.5, 0.6) is 0 Å². The number of hydrogen-bond donors (Lipinski definition) is 0. The Hall–Kier alpha value is -0.120. The fourth-order valence-electron chi connectivity index (χ4n) is 1.37. The molecule has 0 spiro atoms. The van der Waals surface area contributed by atoms with Gasteiger partial charge in [0, 0.05) is 25.4 Å². The molecule has 0 bridgehead atoms. The van der Waals surface area contributed by atoms with Gasteiger partial charge in [-0.25, -0.2) is 4.98 Å². The highest BCUT2D eigenvalue weighted by atomic mass is 79.9. The van der Waals surface area contributed by atoms with Gasteiger partial charge in [-0.3, -0.25) is 0 Å². The van der Waals surface area contributed by atoms with E-state index in [4.69, 9.17) is 11.6 Å². The molecular weight excluding hydrogens is 329 g/mol. The second-order valence-corrected chi connectivity index (χ2v) is 5.07. The summed E-state index contributed by atoms with van der Waals surface area (Å²) in [6.07, 6.45) is 0. The highest BCUT2D eigenvalue weighted by Crippen LogP contribution is 2.34. The Balaban J connectivity index is 3.00. The Morgan fingerprint density at radius 3 is 2.57 bits per heavy atom. The van der Waals surface area contributed by atoms with Crippen LogP contribution in [0.15, 0.2) is 27.1 Å². The van der Waals surface area contributed by atoms with E-state index in [1.165, 1.54) is 0 Å². The molecule has 1 aromatic carbocycles. The summed E-state index contributed by atoms with van der Waals surface area (Å²) in [5, 5.41) is 2.57. The third kappa shape index (κ3) is 1.69. The van der Waals surface area contributed by atoms with E-state index >= 15 is 0 Å². The van der Waals surface area contributed by atoms with Crippen molar-refractivity contribution in [3.8, 4) is 0 Å². The van der Waals surface area contributed by atoms with E-state index in [0.717, 1.165) is 25.4 Å². The van der Waals surface area contributed by atoms with Crippen LogP contribution in [-0.4, -0.2) is 4.98 Å². The number of benzene rings is 1. The standard InChI is InChI=1S/C10H6Br2ClN/c1-5-4-6-7(11)2-3-8(12)9(6)10(13)14-5/h2-4H,1H3. The molecule has 1 nitrogen and oxygen atoms in total. The lowest BCUT2D eigenvalue weighted by Gasteiger charge is -2.05. The first-order valence-electron chi connectivity index (χ1n) is 4.00. The van der Waals surface area contributed by atoms with Crippen molar-refractivity contribution < 1.29 is 0 Å². The molecule has 0 aliphatic carbocycles. The zero-order chi connectivity index (χ0) is 10.3. The molecule has 0 fully saturated rings. The Kier molecular flexibility index (Phi) is 2.82. The summed E-state index contributed by atoms with van der Waals surface area (Å²) < 4.78 is 2.00. The molecule has 2 aromatic rings. The molecular formula is C10H6Br2ClN. The molecule has 4 heteroatoms. The fraction of sp³-hybridized carbons (Fsp3) is 0.100. The van der Waals surface area contributed by atoms with Crippen molar-refractivity contribution in [2.24, 2.45) is 0 Å². The molecule has 0 aliphatic rings. The van der Waals surface area contributed by atoms with Crippen LogP contribution in [0.3, 0.4) is 0 Å². The number of halogens is 3. The van der Waals surface area contributed by atoms with Gasteiger partial charge in [-0.1, -0.05) is 43.5 Å². The molecule has 2 rings (SSSR count). The maximum Gasteiger partial charge on any atom is 0.138 e. The van der Waals surface area contributed by atoms with Gasteiger partial charge >= 0.3 is 0 Å². The fourth-order valence-corrected chi connectivity index (χ4v) is 2.80. The lowest BCUT2D eigenvalue weighted by molar-refractivity contribution is 1.22. The topological polar surface area (TPSA) is 12.9 Å². The summed E-state index contributed by atoms with van der Waals surface area (Å²) in [4.78, 5) is 4.22. The smallest absolute Gasteiger partial charge is 0.138 e. The quantitative estimate of drug-likeness (QED) is 0.635. The lowest BCUT2D eigenvalue weighted by atomic mass is 10.1. The predicted octanol–water partition coefficient (Wildman–Crippen LogP) is 4.72. The summed E-state index contributed by atoms with van der Waals surface area (Å²) >= 11 is 13.0. The van der Waals surface area contributed by atoms with E-state index in [9.17, 15) is 0 Å². The maximum atomic E-state index is 6.08. The molecule has 14 heavy (non-hydrogen) atoms. The van der Waals surface area contributed by atoms with Crippen LogP contribution in [0, 0.1) is 6.92 Å². The molecule has 1 aromatic heterocycles. The van der Waals surface area contributed by atoms with Crippen molar-refractivity contribution in [3.05, 3.63) is 38.0 Å². The molecule has 0 unspecified atom stereocenters. The number of aryl methyl sites for hydroxylation is 1. The molecule has 1 heterocycles. The van der Waals surface area contributed by atoms with E-state index in [2.05, 4.69) is 36.8 Å². The summed E-state index contributed by atoms with van der Waals surface area (Å²) in [6.45, 7) is 1.93. The van der Waals surface area contributed by atoms with Gasteiger partial charge in [-0.05, 0) is 25.1 Å². The minimum Gasteiger partial charge on any atom is -0.241 e. The van der Waals surface area contributed by atoms with Gasteiger partial charge in [0.05, 0.1) is 0 Å². The Morgan fingerprint density at radius 2 is 1.86 bits per heavy atom. The van der Waals surface area contributed by atoms with Gasteiger partial charge < -0.3 is 0 Å². The molecule has 0 N–H and O–H groups in total. The van der Waals surface area contributed by atoms with Crippen LogP contribution in [0.4, 0.5) is 0 Å². The number of nitrogens with zero attached hydrogens (tertiary/aromatic N) is 1. The van der Waals surface area contributed by atoms with Crippen LogP contribution >= 0.6 is 43.5 Å². The van der Waals surface area contributed by atoms with Crippen LogP contribution in [0.1, 0.15) is 5.69 Å². The minimum absolute atomic E-state index is 0.535. The van der Waals surface area contributed by atoms with Gasteiger partial charge in [0.15, 0.2) is 0 Å². The van der Waals surface area contributed by atoms with E-state index in [0.29, 0.717) is 5.15 Å². The lowest BCUT2D eigenvalue weighted by Crippen LogP contribution is -1.86. The Morgan fingerprint density at radius 1 is 1.21 bits per heavy atom. The molecule has 0 saturated heterocycles. The second kappa shape index (κ2) is 3.80. The predicted molar refractivity (Wildman–Crippen MR) is 66.9 cm³/mol. The molecule has 72 valence electrons. The second-order valence-electron chi connectivity index (χ2n) is 3.01. The first-order valence-corrected chi connectivity index (χ1v) is 5.97. The SMILES string of the molecule is Cc1cc2c(Br)ccc(Br)c2c(Cl)n1. The summed E-state index contributed by atoms with van der Waals surface area (Å²) in [6, 6.07) is 5.95. The van der Waals surface area contributed by atoms with Crippen LogP contribution in [0.2, 0.25) is 5.15 Å². The first kappa shape index (κ1) is 10.4. The van der Waals surface area contributed by atoms with Gasteiger partial charge in [-0.15, -0.1) is 0 Å². The Labute approximate surface area is 104 Å². The average molecular weight is 335 g/mol. The van der Waals surface area contributed by atoms with E-state index < -0.39 is 0 Å². The van der Waals surface area contributed by atoms with Crippen molar-refractivity contribution in [2.45, 2.75) is 6.92 Å². The van der Waals surface area contributed by atoms with Gasteiger partial charge in [0.1, 0.15) is 5.15 Å². The molecule has 0 saturated carbocycles. The van der Waals surface area contributed by atoms with E-state index in [1.54, 1.807) is 0 Å². The summed E-state index contributed by atoms with van der Waals surface area (Å²) in [7, 11) is 0. The Bertz CT molecular complexity index is 511. The van der Waals surface area contributed by atoms with Gasteiger partial charge in [0.2, 0.25) is 0 Å². The monoisotopic (exact) mass is 333 g/mol. The van der Waals surface area contributed by atoms with Crippen molar-refractivity contribution in [3.63, 3.8) is 0 Å². The van der Waals surface area contributed by atoms with Crippen molar-refractivity contribution in [1.82, 2.24) is 4.98 Å². The highest BCUT2D eigenvalue weighted by molar-refractivity contribution is 9.11. The number of fused-ring (bicyclic) bond motifs is 1. The third-order valence-corrected chi connectivity index (χ3v) is 3.60. The normalized spacial score (nSPS) is 10.9. The summed E-state index contributed by atoms with van der Waals surface area (Å²) in [5.41, 5.74) is 0.918. The first-order chi connectivity index (χ1) is 6.59. The van der Waals surface area contributed by atoms with Crippen molar-refractivity contribution >= 4 is 54.2 Å². The minimum atomic E-state index is 0.535. The molecule has 0 radical (unpaired) electrons. The highest BCUT2D eigenvalue weighted by Gasteiger charge is 2.08. The molecule has 0 aliphatic heterocycles. The number of pyridine rings is 1. The zero-order valence-corrected chi connectivity index (χ0v) is 11.2. The van der Waals surface area contributed by atoms with Gasteiger partial charge in [0.25, 0.3) is 0 Å². The van der Waals surface area contributed by atoms with Crippen molar-refractivity contribution in [1.29, 1.82) is 0 Å². The molecule has 0 atom stereocenters. The zero-order valence-electron chi connectivity index (χ0n) is 7.31. The number of aromatic nitrogens is 1. The van der Waals surface area contributed by atoms with Crippen molar-refractivity contribution in [2.75, 3.05) is 0 Å².